The number of anilines is 2. The molecule has 28 heavy (non-hydrogen) atoms. The number of amides is 1. The number of carbonyl (C=O) groups is 1. The summed E-state index contributed by atoms with van der Waals surface area (Å²) in [5.74, 6) is -0.0275. The Bertz CT molecular complexity index is 939. The Morgan fingerprint density at radius 3 is 2.61 bits per heavy atom. The van der Waals surface area contributed by atoms with Crippen molar-refractivity contribution in [3.8, 4) is 0 Å². The van der Waals surface area contributed by atoms with Gasteiger partial charge in [0, 0.05) is 22.9 Å². The third-order valence-corrected chi connectivity index (χ3v) is 5.86. The average molecular weight is 415 g/mol. The summed E-state index contributed by atoms with van der Waals surface area (Å²) in [7, 11) is 0. The topological polar surface area (TPSA) is 49.8 Å². The van der Waals surface area contributed by atoms with E-state index in [1.807, 2.05) is 35.7 Å². The molecule has 3 rings (SSSR count). The van der Waals surface area contributed by atoms with Crippen LogP contribution in [0.3, 0.4) is 0 Å². The summed E-state index contributed by atoms with van der Waals surface area (Å²) >= 11 is 7.47. The van der Waals surface area contributed by atoms with Gasteiger partial charge in [-0.25, -0.2) is 4.98 Å². The predicted molar refractivity (Wildman–Crippen MR) is 116 cm³/mol. The second-order valence-electron chi connectivity index (χ2n) is 6.74. The maximum Gasteiger partial charge on any atom is 0.230 e. The number of quaternary nitrogens is 1. The minimum absolute atomic E-state index is 0.0275. The molecule has 0 aliphatic rings. The van der Waals surface area contributed by atoms with Crippen LogP contribution in [0.15, 0.2) is 53.9 Å². The van der Waals surface area contributed by atoms with Gasteiger partial charge in [0.25, 0.3) is 0 Å². The summed E-state index contributed by atoms with van der Waals surface area (Å²) in [5, 5.41) is 5.73. The molecule has 1 aromatic heterocycles. The van der Waals surface area contributed by atoms with E-state index in [1.54, 1.807) is 11.8 Å². The van der Waals surface area contributed by atoms with Crippen LogP contribution in [-0.2, 0) is 17.8 Å². The van der Waals surface area contributed by atoms with Gasteiger partial charge in [-0.3, -0.25) is 9.69 Å². The Hall–Kier alpha value is -2.21. The van der Waals surface area contributed by atoms with Crippen molar-refractivity contribution in [2.24, 2.45) is 0 Å². The molecule has 0 fully saturated rings. The highest BCUT2D eigenvalue weighted by atomic mass is 35.5. The highest BCUT2D eigenvalue weighted by molar-refractivity contribution is 7.14. The molecule has 0 radical (unpaired) electrons. The first-order valence-electron chi connectivity index (χ1n) is 9.41. The SMILES string of the molecule is CCc1ccccc1N(C(C)=O)c1nc(C[NH2+][C@H](C)c2ccc(Cl)cc2)cs1. The predicted octanol–water partition coefficient (Wildman–Crippen LogP) is 4.87. The van der Waals surface area contributed by atoms with E-state index < -0.39 is 0 Å². The number of aryl methyl sites for hydroxylation is 1. The van der Waals surface area contributed by atoms with E-state index in [4.69, 9.17) is 16.6 Å². The second kappa shape index (κ2) is 9.32. The number of aromatic nitrogens is 1. The number of nitrogens with zero attached hydrogens (tertiary/aromatic N) is 2. The molecule has 0 aliphatic carbocycles. The van der Waals surface area contributed by atoms with Crippen molar-refractivity contribution in [1.29, 1.82) is 0 Å². The van der Waals surface area contributed by atoms with E-state index in [0.29, 0.717) is 6.04 Å². The molecular weight excluding hydrogens is 390 g/mol. The summed E-state index contributed by atoms with van der Waals surface area (Å²) in [6.45, 7) is 6.59. The molecule has 0 aliphatic heterocycles. The van der Waals surface area contributed by atoms with Gasteiger partial charge in [-0.1, -0.05) is 48.9 Å². The van der Waals surface area contributed by atoms with E-state index in [2.05, 4.69) is 37.4 Å². The Labute approximate surface area is 175 Å². The van der Waals surface area contributed by atoms with Gasteiger partial charge >= 0.3 is 0 Å². The molecule has 1 heterocycles. The van der Waals surface area contributed by atoms with Crippen molar-refractivity contribution in [3.63, 3.8) is 0 Å². The molecule has 0 saturated heterocycles. The van der Waals surface area contributed by atoms with Crippen LogP contribution in [-0.4, -0.2) is 10.9 Å². The molecule has 2 aromatic carbocycles. The van der Waals surface area contributed by atoms with Gasteiger partial charge in [-0.15, -0.1) is 11.3 Å². The van der Waals surface area contributed by atoms with Crippen molar-refractivity contribution < 1.29 is 10.1 Å². The number of hydrogen-bond donors (Lipinski definition) is 1. The summed E-state index contributed by atoms with van der Waals surface area (Å²) < 4.78 is 0. The van der Waals surface area contributed by atoms with Gasteiger partial charge in [-0.05, 0) is 37.1 Å². The van der Waals surface area contributed by atoms with Gasteiger partial charge in [-0.2, -0.15) is 0 Å². The van der Waals surface area contributed by atoms with Crippen LogP contribution >= 0.6 is 22.9 Å². The molecule has 1 amide bonds. The minimum atomic E-state index is -0.0275. The fourth-order valence-electron chi connectivity index (χ4n) is 3.13. The van der Waals surface area contributed by atoms with Crippen LogP contribution < -0.4 is 10.2 Å². The standard InChI is InChI=1S/C22H24ClN3OS/c1-4-17-7-5-6-8-21(17)26(16(3)27)22-25-20(14-28-22)13-24-15(2)18-9-11-19(23)12-10-18/h5-12,14-15,24H,4,13H2,1-3H3/p+1/t15-/m1/s1. The van der Waals surface area contributed by atoms with E-state index in [0.717, 1.165) is 40.1 Å². The summed E-state index contributed by atoms with van der Waals surface area (Å²) in [6.07, 6.45) is 0.866. The zero-order valence-corrected chi connectivity index (χ0v) is 17.9. The maximum absolute atomic E-state index is 12.4. The van der Waals surface area contributed by atoms with Crippen LogP contribution in [0.2, 0.25) is 5.02 Å². The number of hydrogen-bond acceptors (Lipinski definition) is 3. The monoisotopic (exact) mass is 414 g/mol. The Balaban J connectivity index is 1.74. The van der Waals surface area contributed by atoms with Crippen molar-refractivity contribution in [1.82, 2.24) is 4.98 Å². The lowest BCUT2D eigenvalue weighted by Gasteiger charge is -2.21. The molecular formula is C22H25ClN3OS+. The number of para-hydroxylation sites is 1. The summed E-state index contributed by atoms with van der Waals surface area (Å²) in [6, 6.07) is 16.2. The second-order valence-corrected chi connectivity index (χ2v) is 8.01. The first kappa shape index (κ1) is 20.5. The maximum atomic E-state index is 12.4. The Morgan fingerprint density at radius 2 is 1.93 bits per heavy atom. The lowest BCUT2D eigenvalue weighted by Crippen LogP contribution is -2.83. The lowest BCUT2D eigenvalue weighted by atomic mass is 10.1. The first-order valence-corrected chi connectivity index (χ1v) is 10.7. The molecule has 0 saturated carbocycles. The number of halogens is 1. The number of thiazole rings is 1. The van der Waals surface area contributed by atoms with E-state index >= 15 is 0 Å². The zero-order chi connectivity index (χ0) is 20.1. The van der Waals surface area contributed by atoms with Crippen molar-refractivity contribution in [2.75, 3.05) is 4.90 Å². The quantitative estimate of drug-likeness (QED) is 0.599. The zero-order valence-electron chi connectivity index (χ0n) is 16.4. The smallest absolute Gasteiger partial charge is 0.230 e. The molecule has 146 valence electrons. The third-order valence-electron chi connectivity index (χ3n) is 4.74. The van der Waals surface area contributed by atoms with Crippen LogP contribution in [0.1, 0.15) is 43.6 Å². The minimum Gasteiger partial charge on any atom is -0.335 e. The van der Waals surface area contributed by atoms with Gasteiger partial charge in [0.2, 0.25) is 5.91 Å². The third kappa shape index (κ3) is 4.79. The van der Waals surface area contributed by atoms with Crippen LogP contribution in [0.4, 0.5) is 10.8 Å². The molecule has 4 nitrogen and oxygen atoms in total. The Morgan fingerprint density at radius 1 is 1.21 bits per heavy atom. The molecule has 0 bridgehead atoms. The molecule has 0 spiro atoms. The van der Waals surface area contributed by atoms with E-state index in [9.17, 15) is 4.79 Å². The fraction of sp³-hybridized carbons (Fsp3) is 0.273. The largest absolute Gasteiger partial charge is 0.335 e. The number of rotatable bonds is 7. The lowest BCUT2D eigenvalue weighted by molar-refractivity contribution is -0.708. The van der Waals surface area contributed by atoms with E-state index in [-0.39, 0.29) is 5.91 Å². The highest BCUT2D eigenvalue weighted by Crippen LogP contribution is 2.31. The summed E-state index contributed by atoms with van der Waals surface area (Å²) in [5.41, 5.74) is 4.25. The Kier molecular flexibility index (Phi) is 6.83. The number of carbonyl (C=O) groups excluding carboxylic acids is 1. The molecule has 1 atom stereocenters. The summed E-state index contributed by atoms with van der Waals surface area (Å²) in [4.78, 5) is 18.8. The van der Waals surface area contributed by atoms with Crippen molar-refractivity contribution in [3.05, 3.63) is 75.8 Å². The first-order chi connectivity index (χ1) is 13.5. The molecule has 0 unspecified atom stereocenters. The van der Waals surface area contributed by atoms with Gasteiger partial charge < -0.3 is 5.32 Å². The van der Waals surface area contributed by atoms with Crippen LogP contribution in [0.5, 0.6) is 0 Å². The molecule has 6 heteroatoms. The van der Waals surface area contributed by atoms with E-state index in [1.165, 1.54) is 16.9 Å². The number of benzene rings is 2. The van der Waals surface area contributed by atoms with Crippen LogP contribution in [0.25, 0.3) is 0 Å². The van der Waals surface area contributed by atoms with Crippen LogP contribution in [0, 0.1) is 0 Å². The van der Waals surface area contributed by atoms with Crippen molar-refractivity contribution >= 4 is 39.7 Å². The van der Waals surface area contributed by atoms with Gasteiger partial charge in [0.1, 0.15) is 18.3 Å². The fourth-order valence-corrected chi connectivity index (χ4v) is 4.15. The van der Waals surface area contributed by atoms with Gasteiger partial charge in [0.15, 0.2) is 5.13 Å². The molecule has 2 N–H and O–H groups in total. The molecule has 3 aromatic rings. The average Bonchev–Trinajstić information content (AvgIpc) is 3.15. The highest BCUT2D eigenvalue weighted by Gasteiger charge is 2.20. The van der Waals surface area contributed by atoms with Crippen molar-refractivity contribution in [2.45, 2.75) is 39.8 Å². The van der Waals surface area contributed by atoms with Gasteiger partial charge in [0.05, 0.1) is 5.69 Å². The normalized spacial score (nSPS) is 12.0. The number of nitrogens with two attached hydrogens (primary N) is 1.